The van der Waals surface area contributed by atoms with Crippen molar-refractivity contribution in [3.05, 3.63) is 35.1 Å². The van der Waals surface area contributed by atoms with Crippen LogP contribution < -0.4 is 5.90 Å². The van der Waals surface area contributed by atoms with Gasteiger partial charge in [0.2, 0.25) is 0 Å². The summed E-state index contributed by atoms with van der Waals surface area (Å²) in [6.07, 6.45) is -5.33. The minimum absolute atomic E-state index is 0.00880. The molecule has 1 aromatic rings. The van der Waals surface area contributed by atoms with Crippen molar-refractivity contribution in [1.82, 2.24) is 0 Å². The third kappa shape index (κ3) is 2.66. The smallest absolute Gasteiger partial charge is 0.297 e. The number of nitrogens with two attached hydrogens (primary N) is 1. The van der Waals surface area contributed by atoms with Crippen molar-refractivity contribution in [2.24, 2.45) is 5.90 Å². The minimum Gasteiger partial charge on any atom is -0.297 e. The molecule has 0 spiro atoms. The Balaban J connectivity index is 3.09. The van der Waals surface area contributed by atoms with Crippen LogP contribution in [0.2, 0.25) is 0 Å². The number of hydrogen-bond donors (Lipinski definition) is 1. The van der Waals surface area contributed by atoms with Crippen molar-refractivity contribution in [1.29, 1.82) is 0 Å². The Bertz CT molecular complexity index is 350. The van der Waals surface area contributed by atoms with Gasteiger partial charge in [-0.1, -0.05) is 6.07 Å². The lowest BCUT2D eigenvalue weighted by Gasteiger charge is -2.12. The maximum Gasteiger partial charge on any atom is 0.416 e. The van der Waals surface area contributed by atoms with Gasteiger partial charge in [-0.2, -0.15) is 13.2 Å². The number of rotatable bonds is 2. The molecule has 1 unspecified atom stereocenters. The van der Waals surface area contributed by atoms with Crippen LogP contribution in [0.5, 0.6) is 0 Å². The Morgan fingerprint density at radius 2 is 1.93 bits per heavy atom. The Kier molecular flexibility index (Phi) is 3.31. The van der Waals surface area contributed by atoms with Gasteiger partial charge in [0.1, 0.15) is 11.9 Å². The van der Waals surface area contributed by atoms with Crippen LogP contribution in [0.25, 0.3) is 0 Å². The molecule has 2 N–H and O–H groups in total. The molecule has 1 atom stereocenters. The van der Waals surface area contributed by atoms with Gasteiger partial charge in [0.25, 0.3) is 0 Å². The van der Waals surface area contributed by atoms with Crippen molar-refractivity contribution in [2.45, 2.75) is 19.2 Å². The van der Waals surface area contributed by atoms with Gasteiger partial charge in [-0.3, -0.25) is 4.84 Å². The number of halogens is 4. The molecule has 0 bridgehead atoms. The van der Waals surface area contributed by atoms with Crippen LogP contribution in [0.15, 0.2) is 18.2 Å². The molecule has 84 valence electrons. The lowest BCUT2D eigenvalue weighted by Crippen LogP contribution is -2.10. The van der Waals surface area contributed by atoms with Gasteiger partial charge in [-0.15, -0.1) is 0 Å². The van der Waals surface area contributed by atoms with Gasteiger partial charge >= 0.3 is 6.18 Å². The second-order valence-corrected chi connectivity index (χ2v) is 3.01. The predicted octanol–water partition coefficient (Wildman–Crippen LogP) is 2.80. The summed E-state index contributed by atoms with van der Waals surface area (Å²) in [6.45, 7) is 1.44. The highest BCUT2D eigenvalue weighted by molar-refractivity contribution is 5.27. The second-order valence-electron chi connectivity index (χ2n) is 3.01. The molecule has 2 nitrogen and oxygen atoms in total. The summed E-state index contributed by atoms with van der Waals surface area (Å²) in [5.74, 6) is 3.82. The average Bonchev–Trinajstić information content (AvgIpc) is 2.15. The van der Waals surface area contributed by atoms with Gasteiger partial charge in [0.05, 0.1) is 5.56 Å². The highest BCUT2D eigenvalue weighted by Gasteiger charge is 2.31. The Hall–Kier alpha value is -1.14. The zero-order chi connectivity index (χ0) is 11.6. The van der Waals surface area contributed by atoms with Crippen molar-refractivity contribution >= 4 is 0 Å². The highest BCUT2D eigenvalue weighted by atomic mass is 19.4. The molecule has 0 amide bonds. The first-order chi connectivity index (χ1) is 6.86. The number of benzene rings is 1. The van der Waals surface area contributed by atoms with E-state index < -0.39 is 23.7 Å². The third-order valence-electron chi connectivity index (χ3n) is 1.97. The number of alkyl halides is 3. The topological polar surface area (TPSA) is 35.2 Å². The highest BCUT2D eigenvalue weighted by Crippen LogP contribution is 2.31. The summed E-state index contributed by atoms with van der Waals surface area (Å²) in [5, 5.41) is 0. The molecule has 0 saturated heterocycles. The first-order valence-electron chi connectivity index (χ1n) is 4.08. The van der Waals surface area contributed by atoms with E-state index in [0.29, 0.717) is 6.07 Å². The molecule has 0 aliphatic rings. The van der Waals surface area contributed by atoms with Crippen LogP contribution in [0.1, 0.15) is 24.2 Å². The van der Waals surface area contributed by atoms with E-state index in [1.54, 1.807) is 0 Å². The fraction of sp³-hybridized carbons (Fsp3) is 0.333. The molecular formula is C9H9F4NO. The van der Waals surface area contributed by atoms with Gasteiger partial charge in [-0.25, -0.2) is 10.3 Å². The van der Waals surface area contributed by atoms with Crippen LogP contribution >= 0.6 is 0 Å². The summed E-state index contributed by atoms with van der Waals surface area (Å²) in [7, 11) is 0. The fourth-order valence-corrected chi connectivity index (χ4v) is 1.11. The Morgan fingerprint density at radius 3 is 2.33 bits per heavy atom. The first-order valence-corrected chi connectivity index (χ1v) is 4.08. The summed E-state index contributed by atoms with van der Waals surface area (Å²) in [5.41, 5.74) is -1.04. The Morgan fingerprint density at radius 1 is 1.33 bits per heavy atom. The van der Waals surface area contributed by atoms with Crippen molar-refractivity contribution in [3.8, 4) is 0 Å². The molecule has 1 rings (SSSR count). The van der Waals surface area contributed by atoms with Gasteiger partial charge in [0.15, 0.2) is 0 Å². The maximum absolute atomic E-state index is 13.2. The zero-order valence-electron chi connectivity index (χ0n) is 7.81. The van der Waals surface area contributed by atoms with E-state index in [1.807, 2.05) is 0 Å². The summed E-state index contributed by atoms with van der Waals surface area (Å²) in [6, 6.07) is 2.22. The van der Waals surface area contributed by atoms with E-state index in [4.69, 9.17) is 5.90 Å². The maximum atomic E-state index is 13.2. The van der Waals surface area contributed by atoms with Gasteiger partial charge in [-0.05, 0) is 19.1 Å². The quantitative estimate of drug-likeness (QED) is 0.618. The number of hydrogen-bond acceptors (Lipinski definition) is 2. The van der Waals surface area contributed by atoms with Gasteiger partial charge in [0, 0.05) is 5.56 Å². The third-order valence-corrected chi connectivity index (χ3v) is 1.97. The standard InChI is InChI=1S/C9H9F4NO/c1-5(15-14)7-3-2-6(4-8(7)10)9(11,12)13/h2-5H,14H2,1H3. The lowest BCUT2D eigenvalue weighted by molar-refractivity contribution is -0.137. The van der Waals surface area contributed by atoms with Crippen LogP contribution in [0, 0.1) is 5.82 Å². The SMILES string of the molecule is CC(ON)c1ccc(C(F)(F)F)cc1F. The predicted molar refractivity (Wildman–Crippen MR) is 45.1 cm³/mol. The molecule has 15 heavy (non-hydrogen) atoms. The second kappa shape index (κ2) is 4.16. The van der Waals surface area contributed by atoms with Crippen molar-refractivity contribution in [3.63, 3.8) is 0 Å². The molecule has 6 heteroatoms. The molecule has 0 heterocycles. The van der Waals surface area contributed by atoms with Crippen LogP contribution in [0.3, 0.4) is 0 Å². The van der Waals surface area contributed by atoms with E-state index in [-0.39, 0.29) is 5.56 Å². The van der Waals surface area contributed by atoms with E-state index in [2.05, 4.69) is 4.84 Å². The summed E-state index contributed by atoms with van der Waals surface area (Å²) in [4.78, 5) is 4.32. The first kappa shape index (κ1) is 11.9. The van der Waals surface area contributed by atoms with Crippen LogP contribution in [-0.4, -0.2) is 0 Å². The van der Waals surface area contributed by atoms with Crippen molar-refractivity contribution < 1.29 is 22.4 Å². The van der Waals surface area contributed by atoms with Crippen molar-refractivity contribution in [2.75, 3.05) is 0 Å². The molecule has 0 radical (unpaired) electrons. The molecule has 0 aliphatic carbocycles. The fourth-order valence-electron chi connectivity index (χ4n) is 1.11. The van der Waals surface area contributed by atoms with Gasteiger partial charge < -0.3 is 0 Å². The van der Waals surface area contributed by atoms with E-state index in [0.717, 1.165) is 12.1 Å². The van der Waals surface area contributed by atoms with E-state index >= 15 is 0 Å². The zero-order valence-corrected chi connectivity index (χ0v) is 7.81. The molecular weight excluding hydrogens is 214 g/mol. The Labute approximate surface area is 83.6 Å². The monoisotopic (exact) mass is 223 g/mol. The molecule has 0 saturated carbocycles. The molecule has 0 aromatic heterocycles. The lowest BCUT2D eigenvalue weighted by atomic mass is 10.1. The molecule has 0 fully saturated rings. The van der Waals surface area contributed by atoms with Crippen LogP contribution in [0.4, 0.5) is 17.6 Å². The minimum atomic E-state index is -4.55. The largest absolute Gasteiger partial charge is 0.416 e. The van der Waals surface area contributed by atoms with E-state index in [9.17, 15) is 17.6 Å². The normalized spacial score (nSPS) is 14.0. The van der Waals surface area contributed by atoms with Crippen LogP contribution in [-0.2, 0) is 11.0 Å². The average molecular weight is 223 g/mol. The molecule has 0 aliphatic heterocycles. The van der Waals surface area contributed by atoms with E-state index in [1.165, 1.54) is 6.92 Å². The molecule has 1 aromatic carbocycles. The summed E-state index contributed by atoms with van der Waals surface area (Å²) >= 11 is 0. The summed E-state index contributed by atoms with van der Waals surface area (Å²) < 4.78 is 49.7.